The second kappa shape index (κ2) is 5.21. The summed E-state index contributed by atoms with van der Waals surface area (Å²) in [6.45, 7) is 8.23. The van der Waals surface area contributed by atoms with Crippen LogP contribution in [-0.2, 0) is 20.5 Å². The van der Waals surface area contributed by atoms with Crippen LogP contribution in [0.15, 0.2) is 16.9 Å². The Kier molecular flexibility index (Phi) is 4.16. The third-order valence-corrected chi connectivity index (χ3v) is 3.11. The average Bonchev–Trinajstić information content (AvgIpc) is 2.56. The fourth-order valence-corrected chi connectivity index (χ4v) is 2.07. The van der Waals surface area contributed by atoms with E-state index in [0.717, 1.165) is 17.5 Å². The Morgan fingerprint density at radius 2 is 1.53 bits per heavy atom. The first-order chi connectivity index (χ1) is 8.06. The van der Waals surface area contributed by atoms with Gasteiger partial charge in [-0.05, 0) is 36.6 Å². The number of fused-ring (bicyclic) bond motifs is 1. The van der Waals surface area contributed by atoms with Gasteiger partial charge in [-0.3, -0.25) is 9.13 Å². The highest BCUT2D eigenvalue weighted by Gasteiger charge is 2.09. The molecular formula is C14H22N2O. The third kappa shape index (κ3) is 2.14. The van der Waals surface area contributed by atoms with E-state index in [2.05, 4.69) is 26.0 Å². The molecule has 1 aromatic carbocycles. The summed E-state index contributed by atoms with van der Waals surface area (Å²) in [7, 11) is 3.63. The SMILES string of the molecule is CC.CCc1cc2c(cc1C)n(C)c(=O)n2C. The number of rotatable bonds is 1. The van der Waals surface area contributed by atoms with E-state index in [0.29, 0.717) is 0 Å². The minimum absolute atomic E-state index is 0.0395. The van der Waals surface area contributed by atoms with E-state index in [1.807, 2.05) is 27.9 Å². The summed E-state index contributed by atoms with van der Waals surface area (Å²) in [5.41, 5.74) is 4.63. The monoisotopic (exact) mass is 234 g/mol. The van der Waals surface area contributed by atoms with E-state index in [1.165, 1.54) is 11.1 Å². The molecule has 0 N–H and O–H groups in total. The standard InChI is InChI=1S/C12H16N2O.C2H6/c1-5-9-7-11-10(6-8(9)2)13(3)12(15)14(11)4;1-2/h6-7H,5H2,1-4H3;1-2H3. The molecule has 0 aliphatic heterocycles. The van der Waals surface area contributed by atoms with Crippen LogP contribution in [0.25, 0.3) is 11.0 Å². The maximum Gasteiger partial charge on any atom is 0.328 e. The topological polar surface area (TPSA) is 26.9 Å². The van der Waals surface area contributed by atoms with Crippen LogP contribution in [0.3, 0.4) is 0 Å². The Hall–Kier alpha value is -1.51. The molecule has 3 nitrogen and oxygen atoms in total. The van der Waals surface area contributed by atoms with Gasteiger partial charge in [-0.2, -0.15) is 0 Å². The maximum absolute atomic E-state index is 11.7. The molecule has 1 heterocycles. The van der Waals surface area contributed by atoms with Gasteiger partial charge in [-0.1, -0.05) is 20.8 Å². The zero-order chi connectivity index (χ0) is 13.2. The molecule has 3 heteroatoms. The molecule has 17 heavy (non-hydrogen) atoms. The molecule has 0 aliphatic rings. The molecule has 0 amide bonds. The van der Waals surface area contributed by atoms with Gasteiger partial charge < -0.3 is 0 Å². The predicted molar refractivity (Wildman–Crippen MR) is 73.6 cm³/mol. The zero-order valence-corrected chi connectivity index (χ0v) is 11.7. The van der Waals surface area contributed by atoms with Crippen molar-refractivity contribution in [3.05, 3.63) is 33.7 Å². The highest BCUT2D eigenvalue weighted by atomic mass is 16.1. The first-order valence-corrected chi connectivity index (χ1v) is 6.21. The molecule has 0 saturated heterocycles. The molecule has 0 saturated carbocycles. The summed E-state index contributed by atoms with van der Waals surface area (Å²) < 4.78 is 3.40. The van der Waals surface area contributed by atoms with Gasteiger partial charge in [0.25, 0.3) is 0 Å². The molecule has 0 unspecified atom stereocenters. The van der Waals surface area contributed by atoms with Crippen molar-refractivity contribution in [3.63, 3.8) is 0 Å². The minimum Gasteiger partial charge on any atom is -0.295 e. The number of benzene rings is 1. The Morgan fingerprint density at radius 3 is 2.00 bits per heavy atom. The third-order valence-electron chi connectivity index (χ3n) is 3.11. The van der Waals surface area contributed by atoms with Crippen molar-refractivity contribution in [2.24, 2.45) is 14.1 Å². The highest BCUT2D eigenvalue weighted by molar-refractivity contribution is 5.78. The van der Waals surface area contributed by atoms with Gasteiger partial charge in [0.2, 0.25) is 0 Å². The number of imidazole rings is 1. The van der Waals surface area contributed by atoms with E-state index >= 15 is 0 Å². The normalized spacial score (nSPS) is 10.2. The summed E-state index contributed by atoms with van der Waals surface area (Å²) in [5, 5.41) is 0. The van der Waals surface area contributed by atoms with Crippen molar-refractivity contribution >= 4 is 11.0 Å². The number of hydrogen-bond donors (Lipinski definition) is 0. The molecule has 1 aromatic heterocycles. The predicted octanol–water partition coefficient (Wildman–Crippen LogP) is 2.77. The van der Waals surface area contributed by atoms with Crippen molar-refractivity contribution in [1.29, 1.82) is 0 Å². The lowest BCUT2D eigenvalue weighted by Gasteiger charge is -2.04. The summed E-state index contributed by atoms with van der Waals surface area (Å²) in [4.78, 5) is 11.7. The van der Waals surface area contributed by atoms with Gasteiger partial charge >= 0.3 is 5.69 Å². The minimum atomic E-state index is 0.0395. The summed E-state index contributed by atoms with van der Waals surface area (Å²) in [5.74, 6) is 0. The van der Waals surface area contributed by atoms with E-state index < -0.39 is 0 Å². The molecule has 94 valence electrons. The molecule has 0 bridgehead atoms. The van der Waals surface area contributed by atoms with Crippen LogP contribution in [0.2, 0.25) is 0 Å². The number of nitrogens with zero attached hydrogens (tertiary/aromatic N) is 2. The second-order valence-corrected chi connectivity index (χ2v) is 4.02. The molecule has 2 aromatic rings. The number of aromatic nitrogens is 2. The number of aryl methyl sites for hydroxylation is 4. The highest BCUT2D eigenvalue weighted by Crippen LogP contribution is 2.18. The molecule has 0 aliphatic carbocycles. The van der Waals surface area contributed by atoms with Crippen molar-refractivity contribution in [2.75, 3.05) is 0 Å². The largest absolute Gasteiger partial charge is 0.328 e. The van der Waals surface area contributed by atoms with Gasteiger partial charge in [-0.25, -0.2) is 4.79 Å². The first kappa shape index (κ1) is 13.6. The van der Waals surface area contributed by atoms with Crippen LogP contribution >= 0.6 is 0 Å². The van der Waals surface area contributed by atoms with E-state index in [4.69, 9.17) is 0 Å². The van der Waals surface area contributed by atoms with Crippen LogP contribution in [0, 0.1) is 6.92 Å². The van der Waals surface area contributed by atoms with Crippen molar-refractivity contribution < 1.29 is 0 Å². The lowest BCUT2D eigenvalue weighted by atomic mass is 10.1. The molecular weight excluding hydrogens is 212 g/mol. The maximum atomic E-state index is 11.7. The average molecular weight is 234 g/mol. The first-order valence-electron chi connectivity index (χ1n) is 6.21. The summed E-state index contributed by atoms with van der Waals surface area (Å²) >= 11 is 0. The zero-order valence-electron chi connectivity index (χ0n) is 11.7. The smallest absolute Gasteiger partial charge is 0.295 e. The van der Waals surface area contributed by atoms with Crippen LogP contribution in [-0.4, -0.2) is 9.13 Å². The van der Waals surface area contributed by atoms with Gasteiger partial charge in [0.05, 0.1) is 11.0 Å². The van der Waals surface area contributed by atoms with E-state index in [9.17, 15) is 4.79 Å². The molecule has 0 fully saturated rings. The van der Waals surface area contributed by atoms with E-state index in [-0.39, 0.29) is 5.69 Å². The lowest BCUT2D eigenvalue weighted by molar-refractivity contribution is 0.795. The van der Waals surface area contributed by atoms with Gasteiger partial charge in [0.15, 0.2) is 0 Å². The fraction of sp³-hybridized carbons (Fsp3) is 0.500. The summed E-state index contributed by atoms with van der Waals surface area (Å²) in [6, 6.07) is 4.21. The van der Waals surface area contributed by atoms with Crippen LogP contribution < -0.4 is 5.69 Å². The second-order valence-electron chi connectivity index (χ2n) is 4.02. The fourth-order valence-electron chi connectivity index (χ4n) is 2.07. The van der Waals surface area contributed by atoms with Crippen LogP contribution in [0.5, 0.6) is 0 Å². The Morgan fingerprint density at radius 1 is 1.06 bits per heavy atom. The molecule has 2 rings (SSSR count). The lowest BCUT2D eigenvalue weighted by Crippen LogP contribution is -2.19. The summed E-state index contributed by atoms with van der Waals surface area (Å²) in [6.07, 6.45) is 1.00. The Bertz CT molecular complexity index is 576. The number of hydrogen-bond acceptors (Lipinski definition) is 1. The molecule has 0 spiro atoms. The molecule has 0 radical (unpaired) electrons. The van der Waals surface area contributed by atoms with Crippen molar-refractivity contribution in [3.8, 4) is 0 Å². The molecule has 0 atom stereocenters. The van der Waals surface area contributed by atoms with Gasteiger partial charge in [0, 0.05) is 14.1 Å². The van der Waals surface area contributed by atoms with Gasteiger partial charge in [0.1, 0.15) is 0 Å². The van der Waals surface area contributed by atoms with Crippen molar-refractivity contribution in [1.82, 2.24) is 9.13 Å². The van der Waals surface area contributed by atoms with Crippen LogP contribution in [0.1, 0.15) is 31.9 Å². The van der Waals surface area contributed by atoms with Crippen LogP contribution in [0.4, 0.5) is 0 Å². The van der Waals surface area contributed by atoms with E-state index in [1.54, 1.807) is 9.13 Å². The quantitative estimate of drug-likeness (QED) is 0.745. The van der Waals surface area contributed by atoms with Gasteiger partial charge in [-0.15, -0.1) is 0 Å². The Labute approximate surface area is 103 Å². The van der Waals surface area contributed by atoms with Crippen molar-refractivity contribution in [2.45, 2.75) is 34.1 Å². The Balaban J connectivity index is 0.000000686.